The molecule has 2 aliphatic heterocycles. The number of carboxylic acids is 1. The van der Waals surface area contributed by atoms with Crippen LogP contribution >= 0.6 is 0 Å². The van der Waals surface area contributed by atoms with E-state index in [1.807, 2.05) is 54.2 Å². The predicted octanol–water partition coefficient (Wildman–Crippen LogP) is 3.70. The molecular weight excluding hydrogens is 468 g/mol. The number of nitrogens with one attached hydrogen (secondary N) is 1. The molecule has 0 bridgehead atoms. The van der Waals surface area contributed by atoms with Gasteiger partial charge in [0.15, 0.2) is 0 Å². The van der Waals surface area contributed by atoms with Crippen molar-refractivity contribution < 1.29 is 19.5 Å². The number of hydrogen-bond donors (Lipinski definition) is 3. The maximum Gasteiger partial charge on any atom is 0.300 e. The van der Waals surface area contributed by atoms with Crippen molar-refractivity contribution in [3.8, 4) is 0 Å². The Morgan fingerprint density at radius 2 is 1.62 bits per heavy atom. The van der Waals surface area contributed by atoms with E-state index in [4.69, 9.17) is 15.6 Å². The van der Waals surface area contributed by atoms with Gasteiger partial charge in [-0.2, -0.15) is 0 Å². The number of aromatic nitrogens is 2. The number of para-hydroxylation sites is 2. The van der Waals surface area contributed by atoms with Gasteiger partial charge in [-0.05, 0) is 43.9 Å². The number of nitrogens with two attached hydrogens (primary N) is 1. The molecular formula is C29H30N4O4. The summed E-state index contributed by atoms with van der Waals surface area (Å²) in [6.07, 6.45) is 4.79. The summed E-state index contributed by atoms with van der Waals surface area (Å²) >= 11 is 0. The molecule has 0 spiro atoms. The number of carbonyl (C=O) groups excluding carboxylic acids is 2. The first kappa shape index (κ1) is 24.5. The summed E-state index contributed by atoms with van der Waals surface area (Å²) in [5.74, 6) is -1.02. The Labute approximate surface area is 214 Å². The summed E-state index contributed by atoms with van der Waals surface area (Å²) < 4.78 is 4.35. The second kappa shape index (κ2) is 9.71. The smallest absolute Gasteiger partial charge is 0.300 e. The van der Waals surface area contributed by atoms with Crippen molar-refractivity contribution in [1.29, 1.82) is 0 Å². The number of benzene rings is 2. The average Bonchev–Trinajstić information content (AvgIpc) is 3.39. The van der Waals surface area contributed by atoms with E-state index in [-0.39, 0.29) is 11.8 Å². The van der Waals surface area contributed by atoms with Crippen LogP contribution in [0.15, 0.2) is 54.7 Å². The molecule has 8 heteroatoms. The lowest BCUT2D eigenvalue weighted by molar-refractivity contribution is -0.134. The third-order valence-electron chi connectivity index (χ3n) is 7.31. The van der Waals surface area contributed by atoms with Gasteiger partial charge in [-0.3, -0.25) is 19.7 Å². The molecule has 4 heterocycles. The van der Waals surface area contributed by atoms with Crippen LogP contribution in [0.3, 0.4) is 0 Å². The molecule has 4 N–H and O–H groups in total. The lowest BCUT2D eigenvalue weighted by Gasteiger charge is -2.10. The second-order valence-electron chi connectivity index (χ2n) is 9.64. The van der Waals surface area contributed by atoms with Crippen LogP contribution in [0.4, 0.5) is 0 Å². The maximum absolute atomic E-state index is 13.3. The SMILES string of the molecule is CC(=O)O.Cn1cc(C2=C(c3c4n(c5ccccc35)CCC(CN)CC4)C(=O)NC2=O)c2ccccc21. The lowest BCUT2D eigenvalue weighted by atomic mass is 9.92. The van der Waals surface area contributed by atoms with Crippen molar-refractivity contribution in [3.63, 3.8) is 0 Å². The predicted molar refractivity (Wildman–Crippen MR) is 144 cm³/mol. The molecule has 0 saturated heterocycles. The van der Waals surface area contributed by atoms with Crippen LogP contribution in [0.5, 0.6) is 0 Å². The van der Waals surface area contributed by atoms with Gasteiger partial charge < -0.3 is 20.0 Å². The number of carboxylic acid groups (broad SMARTS) is 1. The van der Waals surface area contributed by atoms with Crippen LogP contribution in [0.2, 0.25) is 0 Å². The Morgan fingerprint density at radius 1 is 1.00 bits per heavy atom. The molecule has 8 nitrogen and oxygen atoms in total. The summed E-state index contributed by atoms with van der Waals surface area (Å²) in [5.41, 5.74) is 11.9. The van der Waals surface area contributed by atoms with Gasteiger partial charge in [-0.15, -0.1) is 0 Å². The average molecular weight is 499 g/mol. The van der Waals surface area contributed by atoms with E-state index in [0.717, 1.165) is 71.4 Å². The number of amides is 2. The number of carbonyl (C=O) groups is 3. The number of fused-ring (bicyclic) bond motifs is 4. The van der Waals surface area contributed by atoms with Crippen LogP contribution in [0.25, 0.3) is 33.0 Å². The highest BCUT2D eigenvalue weighted by atomic mass is 16.4. The van der Waals surface area contributed by atoms with E-state index >= 15 is 0 Å². The first-order chi connectivity index (χ1) is 17.8. The van der Waals surface area contributed by atoms with Gasteiger partial charge in [0.2, 0.25) is 0 Å². The number of aliphatic carboxylic acids is 1. The van der Waals surface area contributed by atoms with Gasteiger partial charge in [0.25, 0.3) is 17.8 Å². The molecule has 0 fully saturated rings. The summed E-state index contributed by atoms with van der Waals surface area (Å²) in [6.45, 7) is 2.62. The zero-order valence-electron chi connectivity index (χ0n) is 21.0. The maximum atomic E-state index is 13.3. The van der Waals surface area contributed by atoms with E-state index < -0.39 is 5.97 Å². The summed E-state index contributed by atoms with van der Waals surface area (Å²) in [6, 6.07) is 16.2. The highest BCUT2D eigenvalue weighted by Gasteiger charge is 2.37. The van der Waals surface area contributed by atoms with Crippen molar-refractivity contribution >= 4 is 50.7 Å². The van der Waals surface area contributed by atoms with Crippen LogP contribution in [0.1, 0.15) is 36.6 Å². The number of imide groups is 1. The molecule has 2 aromatic heterocycles. The standard InChI is InChI=1S/C27H26N4O2.C2H4O2/c1-30-15-19(17-6-2-4-8-20(17)30)24-25(27(33)29-26(24)32)23-18-7-3-5-9-21(18)31-13-12-16(14-28)10-11-22(23)31;1-2(3)4/h2-9,15-16H,10-14,28H2,1H3,(H,29,32,33);1H3,(H,3,4). The third-order valence-corrected chi connectivity index (χ3v) is 7.31. The molecule has 2 aliphatic rings. The Hall–Kier alpha value is -4.17. The van der Waals surface area contributed by atoms with Crippen LogP contribution in [-0.4, -0.2) is 38.6 Å². The highest BCUT2D eigenvalue weighted by molar-refractivity contribution is 6.51. The molecule has 0 radical (unpaired) electrons. The van der Waals surface area contributed by atoms with Gasteiger partial charge in [0, 0.05) is 65.3 Å². The zero-order valence-corrected chi connectivity index (χ0v) is 21.0. The van der Waals surface area contributed by atoms with Crippen molar-refractivity contribution in [3.05, 3.63) is 71.5 Å². The van der Waals surface area contributed by atoms with Crippen LogP contribution in [0, 0.1) is 5.92 Å². The van der Waals surface area contributed by atoms with Gasteiger partial charge in [-0.1, -0.05) is 36.4 Å². The molecule has 4 aromatic rings. The number of nitrogens with zero attached hydrogens (tertiary/aromatic N) is 2. The fraction of sp³-hybridized carbons (Fsp3) is 0.276. The molecule has 6 rings (SSSR count). The number of rotatable bonds is 3. The van der Waals surface area contributed by atoms with Crippen LogP contribution < -0.4 is 11.1 Å². The fourth-order valence-corrected chi connectivity index (χ4v) is 5.67. The van der Waals surface area contributed by atoms with E-state index in [2.05, 4.69) is 22.0 Å². The topological polar surface area (TPSA) is 119 Å². The minimum atomic E-state index is -0.833. The molecule has 0 aliphatic carbocycles. The molecule has 1 atom stereocenters. The van der Waals surface area contributed by atoms with E-state index in [0.29, 0.717) is 23.6 Å². The summed E-state index contributed by atoms with van der Waals surface area (Å²) in [5, 5.41) is 12.0. The summed E-state index contributed by atoms with van der Waals surface area (Å²) in [4.78, 5) is 35.5. The monoisotopic (exact) mass is 498 g/mol. The number of aryl methyl sites for hydroxylation is 2. The Morgan fingerprint density at radius 3 is 2.32 bits per heavy atom. The summed E-state index contributed by atoms with van der Waals surface area (Å²) in [7, 11) is 1.97. The molecule has 190 valence electrons. The van der Waals surface area contributed by atoms with E-state index in [9.17, 15) is 9.59 Å². The van der Waals surface area contributed by atoms with Gasteiger partial charge in [-0.25, -0.2) is 0 Å². The van der Waals surface area contributed by atoms with Crippen molar-refractivity contribution in [2.45, 2.75) is 32.7 Å². The normalized spacial score (nSPS) is 17.4. The van der Waals surface area contributed by atoms with Crippen molar-refractivity contribution in [1.82, 2.24) is 14.5 Å². The molecule has 1 unspecified atom stereocenters. The Bertz CT molecular complexity index is 1590. The largest absolute Gasteiger partial charge is 0.481 e. The van der Waals surface area contributed by atoms with Crippen molar-refractivity contribution in [2.75, 3.05) is 6.54 Å². The first-order valence-electron chi connectivity index (χ1n) is 12.5. The zero-order chi connectivity index (χ0) is 26.3. The van der Waals surface area contributed by atoms with Crippen molar-refractivity contribution in [2.24, 2.45) is 18.7 Å². The van der Waals surface area contributed by atoms with Crippen LogP contribution in [-0.2, 0) is 34.4 Å². The fourth-order valence-electron chi connectivity index (χ4n) is 5.67. The van der Waals surface area contributed by atoms with Gasteiger partial charge in [0.1, 0.15) is 0 Å². The van der Waals surface area contributed by atoms with Gasteiger partial charge >= 0.3 is 0 Å². The Balaban J connectivity index is 0.000000655. The van der Waals surface area contributed by atoms with E-state index in [1.165, 1.54) is 0 Å². The second-order valence-corrected chi connectivity index (χ2v) is 9.64. The first-order valence-corrected chi connectivity index (χ1v) is 12.5. The quantitative estimate of drug-likeness (QED) is 0.372. The molecule has 0 saturated carbocycles. The Kier molecular flexibility index (Phi) is 6.43. The minimum Gasteiger partial charge on any atom is -0.481 e. The molecule has 2 amide bonds. The number of hydrogen-bond acceptors (Lipinski definition) is 4. The molecule has 2 aromatic carbocycles. The third kappa shape index (κ3) is 4.23. The minimum absolute atomic E-state index is 0.318. The van der Waals surface area contributed by atoms with E-state index in [1.54, 1.807) is 0 Å². The highest BCUT2D eigenvalue weighted by Crippen LogP contribution is 2.42. The molecule has 37 heavy (non-hydrogen) atoms. The lowest BCUT2D eigenvalue weighted by Crippen LogP contribution is -2.23. The van der Waals surface area contributed by atoms with Gasteiger partial charge in [0.05, 0.1) is 11.1 Å².